The number of nitrogens with one attached hydrogen (secondary N) is 1. The Hall–Kier alpha value is -2.83. The van der Waals surface area contributed by atoms with Gasteiger partial charge >= 0.3 is 5.97 Å². The fraction of sp³-hybridized carbons (Fsp3) is 0.154. The van der Waals surface area contributed by atoms with Gasteiger partial charge in [-0.2, -0.15) is 5.10 Å². The molecule has 2 aromatic rings. The Balaban J connectivity index is 1.94. The van der Waals surface area contributed by atoms with E-state index in [4.69, 9.17) is 10.8 Å². The predicted octanol–water partition coefficient (Wildman–Crippen LogP) is 0.731. The second-order valence-electron chi connectivity index (χ2n) is 4.29. The van der Waals surface area contributed by atoms with Crippen LogP contribution in [-0.2, 0) is 22.6 Å². The molecule has 0 aliphatic carbocycles. The topological polar surface area (TPSA) is 110 Å². The molecule has 2 rings (SSSR count). The predicted molar refractivity (Wildman–Crippen MR) is 73.1 cm³/mol. The van der Waals surface area contributed by atoms with Crippen molar-refractivity contribution in [3.05, 3.63) is 42.2 Å². The van der Waals surface area contributed by atoms with Crippen molar-refractivity contribution < 1.29 is 14.7 Å². The van der Waals surface area contributed by atoms with E-state index in [1.54, 1.807) is 18.2 Å². The number of carboxylic acid groups (broad SMARTS) is 1. The highest BCUT2D eigenvalue weighted by Gasteiger charge is 2.07. The number of hydrogen-bond acceptors (Lipinski definition) is 4. The number of carbonyl (C=O) groups excluding carboxylic acids is 1. The average Bonchev–Trinajstić information content (AvgIpc) is 2.75. The van der Waals surface area contributed by atoms with E-state index in [-0.39, 0.29) is 18.9 Å². The molecule has 0 aliphatic heterocycles. The third-order valence-corrected chi connectivity index (χ3v) is 2.53. The summed E-state index contributed by atoms with van der Waals surface area (Å²) in [5.74, 6) is -1.21. The molecular weight excluding hydrogens is 260 g/mol. The summed E-state index contributed by atoms with van der Waals surface area (Å²) in [6.07, 6.45) is 3.06. The highest BCUT2D eigenvalue weighted by molar-refractivity contribution is 5.92. The highest BCUT2D eigenvalue weighted by Crippen LogP contribution is 2.09. The van der Waals surface area contributed by atoms with Gasteiger partial charge in [-0.15, -0.1) is 0 Å². The number of aromatic nitrogens is 2. The van der Waals surface area contributed by atoms with Gasteiger partial charge in [-0.25, -0.2) is 0 Å². The van der Waals surface area contributed by atoms with Gasteiger partial charge in [-0.05, 0) is 17.7 Å². The van der Waals surface area contributed by atoms with Crippen LogP contribution in [0.3, 0.4) is 0 Å². The number of rotatable bonds is 5. The first-order valence-corrected chi connectivity index (χ1v) is 5.91. The molecule has 0 radical (unpaired) electrons. The second-order valence-corrected chi connectivity index (χ2v) is 4.29. The van der Waals surface area contributed by atoms with Crippen molar-refractivity contribution in [1.29, 1.82) is 0 Å². The van der Waals surface area contributed by atoms with Gasteiger partial charge in [0.25, 0.3) is 0 Å². The number of carboxylic acids is 1. The molecule has 0 fully saturated rings. The minimum Gasteiger partial charge on any atom is -0.480 e. The number of nitrogens with zero attached hydrogens (tertiary/aromatic N) is 2. The molecular formula is C13H14N4O3. The Labute approximate surface area is 115 Å². The minimum atomic E-state index is -0.995. The van der Waals surface area contributed by atoms with Crippen molar-refractivity contribution >= 4 is 23.3 Å². The van der Waals surface area contributed by atoms with Crippen molar-refractivity contribution in [2.24, 2.45) is 0 Å². The first-order chi connectivity index (χ1) is 9.52. The van der Waals surface area contributed by atoms with Crippen molar-refractivity contribution in [2.75, 3.05) is 11.1 Å². The zero-order chi connectivity index (χ0) is 14.5. The van der Waals surface area contributed by atoms with Crippen LogP contribution in [0.1, 0.15) is 5.56 Å². The van der Waals surface area contributed by atoms with Crippen LogP contribution in [-0.4, -0.2) is 26.8 Å². The van der Waals surface area contributed by atoms with Crippen molar-refractivity contribution in [3.63, 3.8) is 0 Å². The molecule has 1 amide bonds. The summed E-state index contributed by atoms with van der Waals surface area (Å²) < 4.78 is 1.23. The summed E-state index contributed by atoms with van der Waals surface area (Å²) in [6, 6.07) is 7.07. The van der Waals surface area contributed by atoms with Crippen molar-refractivity contribution in [3.8, 4) is 0 Å². The van der Waals surface area contributed by atoms with Gasteiger partial charge in [0.2, 0.25) is 5.91 Å². The number of nitrogen functional groups attached to an aromatic ring is 1. The van der Waals surface area contributed by atoms with Crippen LogP contribution in [0.2, 0.25) is 0 Å². The lowest BCUT2D eigenvalue weighted by Crippen LogP contribution is -2.14. The summed E-state index contributed by atoms with van der Waals surface area (Å²) in [5, 5.41) is 15.1. The largest absolute Gasteiger partial charge is 0.480 e. The summed E-state index contributed by atoms with van der Waals surface area (Å²) in [7, 11) is 0. The summed E-state index contributed by atoms with van der Waals surface area (Å²) >= 11 is 0. The molecule has 0 bridgehead atoms. The molecule has 1 heterocycles. The molecule has 104 valence electrons. The van der Waals surface area contributed by atoms with Gasteiger partial charge in [0.05, 0.1) is 18.3 Å². The van der Waals surface area contributed by atoms with Crippen molar-refractivity contribution in [2.45, 2.75) is 13.0 Å². The lowest BCUT2D eigenvalue weighted by Gasteiger charge is -2.03. The maximum atomic E-state index is 11.8. The molecule has 0 spiro atoms. The Kier molecular flexibility index (Phi) is 3.99. The average molecular weight is 274 g/mol. The van der Waals surface area contributed by atoms with Crippen LogP contribution in [0.25, 0.3) is 0 Å². The standard InChI is InChI=1S/C13H14N4O3/c14-10-3-1-2-9(4-10)5-12(18)16-11-6-15-17(7-11)8-13(19)20/h1-4,6-7H,5,8,14H2,(H,16,18)(H,19,20). The first kappa shape index (κ1) is 13.6. The van der Waals surface area contributed by atoms with Gasteiger partial charge in [0, 0.05) is 11.9 Å². The molecule has 1 aromatic carbocycles. The van der Waals surface area contributed by atoms with E-state index < -0.39 is 5.97 Å². The van der Waals surface area contributed by atoms with E-state index in [1.165, 1.54) is 17.1 Å². The van der Waals surface area contributed by atoms with Crippen molar-refractivity contribution in [1.82, 2.24) is 9.78 Å². The first-order valence-electron chi connectivity index (χ1n) is 5.91. The van der Waals surface area contributed by atoms with Gasteiger partial charge in [0.1, 0.15) is 6.54 Å². The smallest absolute Gasteiger partial charge is 0.325 e. The van der Waals surface area contributed by atoms with Crippen LogP contribution >= 0.6 is 0 Å². The Bertz CT molecular complexity index is 636. The molecule has 7 nitrogen and oxygen atoms in total. The molecule has 0 saturated carbocycles. The molecule has 0 atom stereocenters. The van der Waals surface area contributed by atoms with Crippen LogP contribution in [0.4, 0.5) is 11.4 Å². The number of amides is 1. The molecule has 20 heavy (non-hydrogen) atoms. The molecule has 4 N–H and O–H groups in total. The fourth-order valence-corrected chi connectivity index (χ4v) is 1.75. The maximum Gasteiger partial charge on any atom is 0.325 e. The van der Waals surface area contributed by atoms with E-state index in [9.17, 15) is 9.59 Å². The van der Waals surface area contributed by atoms with Gasteiger partial charge in [0.15, 0.2) is 0 Å². The summed E-state index contributed by atoms with van der Waals surface area (Å²) in [6.45, 7) is -0.245. The van der Waals surface area contributed by atoms with Crippen LogP contribution in [0, 0.1) is 0 Å². The van der Waals surface area contributed by atoms with Gasteiger partial charge in [-0.3, -0.25) is 14.3 Å². The second kappa shape index (κ2) is 5.87. The Morgan fingerprint density at radius 1 is 1.40 bits per heavy atom. The molecule has 1 aromatic heterocycles. The third-order valence-electron chi connectivity index (χ3n) is 2.53. The summed E-state index contributed by atoms with van der Waals surface area (Å²) in [5.41, 5.74) is 7.50. The van der Waals surface area contributed by atoms with E-state index in [2.05, 4.69) is 10.4 Å². The van der Waals surface area contributed by atoms with E-state index in [0.717, 1.165) is 5.56 Å². The third kappa shape index (κ3) is 3.84. The molecule has 0 aliphatic rings. The number of hydrogen-bond donors (Lipinski definition) is 3. The lowest BCUT2D eigenvalue weighted by atomic mass is 10.1. The zero-order valence-electron chi connectivity index (χ0n) is 10.6. The SMILES string of the molecule is Nc1cccc(CC(=O)Nc2cnn(CC(=O)O)c2)c1. The van der Waals surface area contributed by atoms with Crippen LogP contribution in [0.5, 0.6) is 0 Å². The zero-order valence-corrected chi connectivity index (χ0v) is 10.6. The number of anilines is 2. The van der Waals surface area contributed by atoms with E-state index in [0.29, 0.717) is 11.4 Å². The number of aliphatic carboxylic acids is 1. The summed E-state index contributed by atoms with van der Waals surface area (Å²) in [4.78, 5) is 22.3. The van der Waals surface area contributed by atoms with Crippen LogP contribution < -0.4 is 11.1 Å². The molecule has 0 unspecified atom stereocenters. The lowest BCUT2D eigenvalue weighted by molar-refractivity contribution is -0.137. The molecule has 7 heteroatoms. The van der Waals surface area contributed by atoms with Gasteiger partial charge < -0.3 is 16.2 Å². The Morgan fingerprint density at radius 2 is 2.20 bits per heavy atom. The van der Waals surface area contributed by atoms with Gasteiger partial charge in [-0.1, -0.05) is 12.1 Å². The van der Waals surface area contributed by atoms with E-state index >= 15 is 0 Å². The quantitative estimate of drug-likeness (QED) is 0.696. The Morgan fingerprint density at radius 3 is 2.90 bits per heavy atom. The highest BCUT2D eigenvalue weighted by atomic mass is 16.4. The molecule has 0 saturated heterocycles. The monoisotopic (exact) mass is 274 g/mol. The maximum absolute atomic E-state index is 11.8. The number of benzene rings is 1. The number of carbonyl (C=O) groups is 2. The van der Waals surface area contributed by atoms with E-state index in [1.807, 2.05) is 6.07 Å². The number of nitrogens with two attached hydrogens (primary N) is 1. The normalized spacial score (nSPS) is 10.2. The van der Waals surface area contributed by atoms with Crippen LogP contribution in [0.15, 0.2) is 36.7 Å². The minimum absolute atomic E-state index is 0.190. The fourth-order valence-electron chi connectivity index (χ4n) is 1.75.